The first-order chi connectivity index (χ1) is 12.7. The molecule has 138 valence electrons. The van der Waals surface area contributed by atoms with E-state index in [2.05, 4.69) is 22.4 Å². The van der Waals surface area contributed by atoms with Crippen molar-refractivity contribution in [3.63, 3.8) is 0 Å². The molecule has 0 spiro atoms. The second kappa shape index (κ2) is 8.87. The zero-order valence-corrected chi connectivity index (χ0v) is 16.0. The molecule has 2 heterocycles. The minimum atomic E-state index is 0.0330. The Morgan fingerprint density at radius 1 is 1.15 bits per heavy atom. The minimum Gasteiger partial charge on any atom is -0.497 e. The molecule has 0 N–H and O–H groups in total. The highest BCUT2D eigenvalue weighted by atomic mass is 32.1. The summed E-state index contributed by atoms with van der Waals surface area (Å²) in [5.74, 6) is 1.49. The Kier molecular flexibility index (Phi) is 6.30. The lowest BCUT2D eigenvalue weighted by molar-refractivity contribution is -0.127. The molecule has 1 amide bonds. The molecule has 26 heavy (non-hydrogen) atoms. The highest BCUT2D eigenvalue weighted by molar-refractivity contribution is 7.09. The van der Waals surface area contributed by atoms with Gasteiger partial charge in [0.1, 0.15) is 11.5 Å². The van der Waals surface area contributed by atoms with Crippen molar-refractivity contribution in [2.75, 3.05) is 40.4 Å². The maximum Gasteiger partial charge on any atom is 0.246 e. The van der Waals surface area contributed by atoms with E-state index in [1.54, 1.807) is 37.7 Å². The summed E-state index contributed by atoms with van der Waals surface area (Å²) in [6.45, 7) is 4.28. The van der Waals surface area contributed by atoms with Crippen molar-refractivity contribution in [1.82, 2.24) is 9.80 Å². The summed E-state index contributed by atoms with van der Waals surface area (Å²) in [5.41, 5.74) is 0.830. The number of thiophene rings is 1. The third-order valence-electron chi connectivity index (χ3n) is 4.49. The minimum absolute atomic E-state index is 0.0330. The zero-order chi connectivity index (χ0) is 18.4. The molecule has 0 saturated carbocycles. The van der Waals surface area contributed by atoms with E-state index >= 15 is 0 Å². The Balaban J connectivity index is 1.56. The van der Waals surface area contributed by atoms with Crippen molar-refractivity contribution in [1.29, 1.82) is 0 Å². The van der Waals surface area contributed by atoms with Crippen molar-refractivity contribution in [2.24, 2.45) is 0 Å². The first kappa shape index (κ1) is 18.5. The van der Waals surface area contributed by atoms with Crippen LogP contribution in [0.2, 0.25) is 0 Å². The van der Waals surface area contributed by atoms with Gasteiger partial charge >= 0.3 is 0 Å². The Labute approximate surface area is 158 Å². The molecule has 5 nitrogen and oxygen atoms in total. The van der Waals surface area contributed by atoms with E-state index in [1.807, 2.05) is 23.1 Å². The maximum absolute atomic E-state index is 12.5. The molecule has 1 aliphatic heterocycles. The van der Waals surface area contributed by atoms with Gasteiger partial charge in [-0.25, -0.2) is 0 Å². The molecule has 1 aromatic heterocycles. The van der Waals surface area contributed by atoms with Gasteiger partial charge in [-0.15, -0.1) is 11.3 Å². The van der Waals surface area contributed by atoms with Crippen molar-refractivity contribution in [2.45, 2.75) is 6.54 Å². The summed E-state index contributed by atoms with van der Waals surface area (Å²) in [6, 6.07) is 9.78. The van der Waals surface area contributed by atoms with Crippen LogP contribution in [0.25, 0.3) is 6.08 Å². The highest BCUT2D eigenvalue weighted by Gasteiger charge is 2.19. The number of rotatable bonds is 6. The van der Waals surface area contributed by atoms with Crippen molar-refractivity contribution in [3.8, 4) is 11.5 Å². The maximum atomic E-state index is 12.5. The molecule has 1 fully saturated rings. The van der Waals surface area contributed by atoms with Gasteiger partial charge in [0, 0.05) is 49.2 Å². The highest BCUT2D eigenvalue weighted by Crippen LogP contribution is 2.25. The number of amides is 1. The van der Waals surface area contributed by atoms with Crippen molar-refractivity contribution >= 4 is 23.3 Å². The Bertz CT molecular complexity index is 750. The lowest BCUT2D eigenvalue weighted by Gasteiger charge is -2.34. The largest absolute Gasteiger partial charge is 0.497 e. The van der Waals surface area contributed by atoms with Gasteiger partial charge in [-0.1, -0.05) is 6.07 Å². The topological polar surface area (TPSA) is 42.0 Å². The van der Waals surface area contributed by atoms with Gasteiger partial charge in [0.2, 0.25) is 5.91 Å². The van der Waals surface area contributed by atoms with Gasteiger partial charge in [0.25, 0.3) is 0 Å². The van der Waals surface area contributed by atoms with Gasteiger partial charge < -0.3 is 14.4 Å². The number of nitrogens with zero attached hydrogens (tertiary/aromatic N) is 2. The summed E-state index contributed by atoms with van der Waals surface area (Å²) in [6.07, 6.45) is 3.41. The average Bonchev–Trinajstić information content (AvgIpc) is 3.19. The molecule has 0 bridgehead atoms. The summed E-state index contributed by atoms with van der Waals surface area (Å²) in [5, 5.41) is 2.10. The van der Waals surface area contributed by atoms with Gasteiger partial charge in [-0.3, -0.25) is 9.69 Å². The van der Waals surface area contributed by atoms with E-state index in [0.29, 0.717) is 0 Å². The first-order valence-electron chi connectivity index (χ1n) is 8.63. The van der Waals surface area contributed by atoms with Crippen LogP contribution in [0.1, 0.15) is 10.4 Å². The number of hydrogen-bond acceptors (Lipinski definition) is 5. The van der Waals surface area contributed by atoms with Crippen LogP contribution in [0.15, 0.2) is 41.8 Å². The normalized spacial score (nSPS) is 15.4. The molecule has 0 unspecified atom stereocenters. The number of ether oxygens (including phenoxy) is 2. The lowest BCUT2D eigenvalue weighted by atomic mass is 10.1. The van der Waals surface area contributed by atoms with Gasteiger partial charge in [-0.2, -0.15) is 0 Å². The van der Waals surface area contributed by atoms with Crippen LogP contribution in [-0.4, -0.2) is 56.1 Å². The standard InChI is InChI=1S/C20H24N2O3S/c1-24-17-6-7-19(25-2)16(14-17)5-8-20(23)22-11-9-21(10-12-22)15-18-4-3-13-26-18/h3-8,13-14H,9-12,15H2,1-2H3/b8-5+. The van der Waals surface area contributed by atoms with E-state index in [9.17, 15) is 4.79 Å². The summed E-state index contributed by atoms with van der Waals surface area (Å²) in [7, 11) is 3.24. The molecule has 0 radical (unpaired) electrons. The molecular weight excluding hydrogens is 348 g/mol. The van der Waals surface area contributed by atoms with E-state index in [0.717, 1.165) is 49.8 Å². The Hall–Kier alpha value is -2.31. The number of benzene rings is 1. The second-order valence-electron chi connectivity index (χ2n) is 6.12. The molecule has 1 aromatic carbocycles. The number of piperazine rings is 1. The van der Waals surface area contributed by atoms with E-state index in [-0.39, 0.29) is 5.91 Å². The Morgan fingerprint density at radius 2 is 1.96 bits per heavy atom. The van der Waals surface area contributed by atoms with Crippen LogP contribution >= 0.6 is 11.3 Å². The monoisotopic (exact) mass is 372 g/mol. The molecule has 3 rings (SSSR count). The number of hydrogen-bond donors (Lipinski definition) is 0. The van der Waals surface area contributed by atoms with Crippen LogP contribution in [0.4, 0.5) is 0 Å². The third kappa shape index (κ3) is 4.65. The van der Waals surface area contributed by atoms with E-state index in [4.69, 9.17) is 9.47 Å². The predicted molar refractivity (Wildman–Crippen MR) is 105 cm³/mol. The quantitative estimate of drug-likeness (QED) is 0.731. The van der Waals surface area contributed by atoms with Gasteiger partial charge in [0.15, 0.2) is 0 Å². The predicted octanol–water partition coefficient (Wildman–Crippen LogP) is 3.12. The molecule has 2 aromatic rings. The van der Waals surface area contributed by atoms with Crippen LogP contribution in [0.5, 0.6) is 11.5 Å². The number of carbonyl (C=O) groups excluding carboxylic acids is 1. The second-order valence-corrected chi connectivity index (χ2v) is 7.15. The summed E-state index contributed by atoms with van der Waals surface area (Å²) in [4.78, 5) is 18.2. The van der Waals surface area contributed by atoms with Crippen LogP contribution in [0.3, 0.4) is 0 Å². The zero-order valence-electron chi connectivity index (χ0n) is 15.2. The van der Waals surface area contributed by atoms with Gasteiger partial charge in [-0.05, 0) is 35.7 Å². The van der Waals surface area contributed by atoms with E-state index in [1.165, 1.54) is 4.88 Å². The molecule has 0 aliphatic carbocycles. The molecule has 6 heteroatoms. The number of carbonyl (C=O) groups is 1. The van der Waals surface area contributed by atoms with Crippen LogP contribution in [-0.2, 0) is 11.3 Å². The van der Waals surface area contributed by atoms with Crippen molar-refractivity contribution < 1.29 is 14.3 Å². The van der Waals surface area contributed by atoms with Gasteiger partial charge in [0.05, 0.1) is 14.2 Å². The summed E-state index contributed by atoms with van der Waals surface area (Å²) >= 11 is 1.78. The fraction of sp³-hybridized carbons (Fsp3) is 0.350. The fourth-order valence-corrected chi connectivity index (χ4v) is 3.73. The molecular formula is C20H24N2O3S. The first-order valence-corrected chi connectivity index (χ1v) is 9.51. The number of methoxy groups -OCH3 is 2. The fourth-order valence-electron chi connectivity index (χ4n) is 2.99. The average molecular weight is 372 g/mol. The Morgan fingerprint density at radius 3 is 2.62 bits per heavy atom. The van der Waals surface area contributed by atoms with Crippen LogP contribution in [0, 0.1) is 0 Å². The van der Waals surface area contributed by atoms with Crippen LogP contribution < -0.4 is 9.47 Å². The SMILES string of the molecule is COc1ccc(OC)c(/C=C/C(=O)N2CCN(Cc3cccs3)CC2)c1. The molecule has 1 saturated heterocycles. The third-order valence-corrected chi connectivity index (χ3v) is 5.35. The molecule has 0 atom stereocenters. The lowest BCUT2D eigenvalue weighted by Crippen LogP contribution is -2.47. The molecule has 1 aliphatic rings. The van der Waals surface area contributed by atoms with E-state index < -0.39 is 0 Å². The van der Waals surface area contributed by atoms with Crippen molar-refractivity contribution in [3.05, 3.63) is 52.2 Å². The smallest absolute Gasteiger partial charge is 0.246 e. The summed E-state index contributed by atoms with van der Waals surface area (Å²) < 4.78 is 10.6.